The zero-order valence-corrected chi connectivity index (χ0v) is 12.4. The number of hydrogen-bond donors (Lipinski definition) is 0. The van der Waals surface area contributed by atoms with Crippen molar-refractivity contribution in [2.24, 2.45) is 0 Å². The van der Waals surface area contributed by atoms with Crippen molar-refractivity contribution in [2.45, 2.75) is 6.04 Å². The van der Waals surface area contributed by atoms with E-state index in [0.29, 0.717) is 11.1 Å². The molecule has 0 N–H and O–H groups in total. The summed E-state index contributed by atoms with van der Waals surface area (Å²) in [6.07, 6.45) is 0. The highest BCUT2D eigenvalue weighted by atomic mass is 79.9. The summed E-state index contributed by atoms with van der Waals surface area (Å²) in [7, 11) is 1.25. The quantitative estimate of drug-likeness (QED) is 0.764. The smallest absolute Gasteiger partial charge is 0.331 e. The second kappa shape index (κ2) is 6.32. The second-order valence-electron chi connectivity index (χ2n) is 4.27. The van der Waals surface area contributed by atoms with Crippen molar-refractivity contribution in [1.82, 2.24) is 4.90 Å². The Hall–Kier alpha value is -1.47. The van der Waals surface area contributed by atoms with E-state index in [9.17, 15) is 14.0 Å². The van der Waals surface area contributed by atoms with E-state index >= 15 is 0 Å². The van der Waals surface area contributed by atoms with E-state index in [2.05, 4.69) is 20.7 Å². The number of rotatable bonds is 2. The minimum Gasteiger partial charge on any atom is -0.467 e. The summed E-state index contributed by atoms with van der Waals surface area (Å²) in [5.74, 6) is -1.50. The molecule has 0 spiro atoms. The predicted molar refractivity (Wildman–Crippen MR) is 71.8 cm³/mol. The molecule has 20 heavy (non-hydrogen) atoms. The Bertz CT molecular complexity index is 517. The van der Waals surface area contributed by atoms with Gasteiger partial charge in [0.15, 0.2) is 6.04 Å². The van der Waals surface area contributed by atoms with Crippen LogP contribution in [0.5, 0.6) is 0 Å². The lowest BCUT2D eigenvalue weighted by Crippen LogP contribution is -2.53. The van der Waals surface area contributed by atoms with E-state index in [1.165, 1.54) is 24.1 Å². The zero-order chi connectivity index (χ0) is 14.7. The lowest BCUT2D eigenvalue weighted by atomic mass is 10.1. The third-order valence-corrected chi connectivity index (χ3v) is 3.43. The lowest BCUT2D eigenvalue weighted by Gasteiger charge is -2.33. The molecule has 1 aliphatic rings. The van der Waals surface area contributed by atoms with E-state index in [1.807, 2.05) is 0 Å². The number of esters is 1. The topological polar surface area (TPSA) is 55.8 Å². The normalized spacial score (nSPS) is 18.8. The van der Waals surface area contributed by atoms with Crippen molar-refractivity contribution in [1.29, 1.82) is 0 Å². The highest BCUT2D eigenvalue weighted by Gasteiger charge is 2.34. The molecule has 0 bridgehead atoms. The Labute approximate surface area is 123 Å². The average Bonchev–Trinajstić information content (AvgIpc) is 2.44. The maximum atomic E-state index is 13.4. The first kappa shape index (κ1) is 14.9. The van der Waals surface area contributed by atoms with E-state index in [4.69, 9.17) is 4.74 Å². The van der Waals surface area contributed by atoms with Gasteiger partial charge in [0.2, 0.25) is 0 Å². The molecule has 5 nitrogen and oxygen atoms in total. The van der Waals surface area contributed by atoms with E-state index in [1.54, 1.807) is 0 Å². The largest absolute Gasteiger partial charge is 0.467 e. The number of nitrogens with zero attached hydrogens (tertiary/aromatic N) is 1. The summed E-state index contributed by atoms with van der Waals surface area (Å²) < 4.78 is 23.7. The summed E-state index contributed by atoms with van der Waals surface area (Å²) in [6.45, 7) is 0.664. The Morgan fingerprint density at radius 1 is 1.45 bits per heavy atom. The van der Waals surface area contributed by atoms with Crippen LogP contribution in [-0.2, 0) is 14.3 Å². The van der Waals surface area contributed by atoms with Crippen LogP contribution < -0.4 is 0 Å². The van der Waals surface area contributed by atoms with Gasteiger partial charge in [0.1, 0.15) is 5.82 Å². The molecular formula is C13H13BrFNO4. The number of hydrogen-bond acceptors (Lipinski definition) is 4. The molecule has 1 aliphatic heterocycles. The SMILES string of the molecule is COC(=O)C1COCCN1C(=O)c1cc(F)cc(Br)c1. The minimum absolute atomic E-state index is 0.0783. The Morgan fingerprint density at radius 2 is 2.20 bits per heavy atom. The Balaban J connectivity index is 2.27. The summed E-state index contributed by atoms with van der Waals surface area (Å²) in [5, 5.41) is 0. The van der Waals surface area contributed by atoms with Crippen molar-refractivity contribution in [3.8, 4) is 0 Å². The number of morpholine rings is 1. The molecule has 1 unspecified atom stereocenters. The van der Waals surface area contributed by atoms with Gasteiger partial charge in [-0.25, -0.2) is 9.18 Å². The van der Waals surface area contributed by atoms with Gasteiger partial charge >= 0.3 is 5.97 Å². The first-order valence-corrected chi connectivity index (χ1v) is 6.75. The molecule has 1 saturated heterocycles. The molecule has 108 valence electrons. The zero-order valence-electron chi connectivity index (χ0n) is 10.8. The fourth-order valence-corrected chi connectivity index (χ4v) is 2.49. The van der Waals surface area contributed by atoms with E-state index in [0.717, 1.165) is 6.07 Å². The summed E-state index contributed by atoms with van der Waals surface area (Å²) in [6, 6.07) is 3.10. The second-order valence-corrected chi connectivity index (χ2v) is 5.19. The monoisotopic (exact) mass is 345 g/mol. The van der Waals surface area contributed by atoms with Crippen LogP contribution in [0.15, 0.2) is 22.7 Å². The van der Waals surface area contributed by atoms with E-state index < -0.39 is 23.7 Å². The average molecular weight is 346 g/mol. The van der Waals surface area contributed by atoms with Gasteiger partial charge in [0.25, 0.3) is 5.91 Å². The van der Waals surface area contributed by atoms with Gasteiger partial charge in [0.05, 0.1) is 20.3 Å². The van der Waals surface area contributed by atoms with Crippen LogP contribution in [-0.4, -0.2) is 49.7 Å². The van der Waals surface area contributed by atoms with Gasteiger partial charge in [-0.15, -0.1) is 0 Å². The fourth-order valence-electron chi connectivity index (χ4n) is 2.02. The number of amides is 1. The van der Waals surface area contributed by atoms with Gasteiger partial charge in [-0.05, 0) is 18.2 Å². The molecule has 1 fully saturated rings. The van der Waals surface area contributed by atoms with Gasteiger partial charge < -0.3 is 14.4 Å². The van der Waals surface area contributed by atoms with Crippen LogP contribution in [0.1, 0.15) is 10.4 Å². The molecule has 1 aromatic rings. The number of halogens is 2. The minimum atomic E-state index is -0.803. The number of carbonyl (C=O) groups excluding carboxylic acids is 2. The Kier molecular flexibility index (Phi) is 4.72. The molecule has 1 heterocycles. The summed E-state index contributed by atoms with van der Waals surface area (Å²) in [5.41, 5.74) is 0.174. The maximum Gasteiger partial charge on any atom is 0.331 e. The number of benzene rings is 1. The molecule has 1 amide bonds. The first-order chi connectivity index (χ1) is 9.52. The molecule has 1 aromatic carbocycles. The van der Waals surface area contributed by atoms with Crippen LogP contribution in [0.25, 0.3) is 0 Å². The summed E-state index contributed by atoms with van der Waals surface area (Å²) in [4.78, 5) is 25.4. The standard InChI is InChI=1S/C13H13BrFNO4/c1-19-13(18)11-7-20-3-2-16(11)12(17)8-4-9(14)6-10(15)5-8/h4-6,11H,2-3,7H2,1H3. The first-order valence-electron chi connectivity index (χ1n) is 5.95. The number of methoxy groups -OCH3 is 1. The highest BCUT2D eigenvalue weighted by Crippen LogP contribution is 2.19. The number of carbonyl (C=O) groups is 2. The van der Waals surface area contributed by atoms with E-state index in [-0.39, 0.29) is 18.7 Å². The van der Waals surface area contributed by atoms with Gasteiger partial charge in [-0.3, -0.25) is 4.79 Å². The molecule has 0 saturated carbocycles. The molecule has 2 rings (SSSR count). The molecule has 0 radical (unpaired) electrons. The summed E-state index contributed by atoms with van der Waals surface area (Å²) >= 11 is 3.14. The highest BCUT2D eigenvalue weighted by molar-refractivity contribution is 9.10. The molecule has 0 aromatic heterocycles. The Morgan fingerprint density at radius 3 is 2.85 bits per heavy atom. The molecular weight excluding hydrogens is 333 g/mol. The van der Waals surface area contributed by atoms with Crippen LogP contribution in [0.2, 0.25) is 0 Å². The van der Waals surface area contributed by atoms with Crippen molar-refractivity contribution < 1.29 is 23.5 Å². The van der Waals surface area contributed by atoms with Gasteiger partial charge in [-0.2, -0.15) is 0 Å². The predicted octanol–water partition coefficient (Wildman–Crippen LogP) is 1.60. The van der Waals surface area contributed by atoms with Crippen LogP contribution in [0, 0.1) is 5.82 Å². The van der Waals surface area contributed by atoms with Crippen LogP contribution in [0.4, 0.5) is 4.39 Å². The maximum absolute atomic E-state index is 13.4. The van der Waals surface area contributed by atoms with Crippen molar-refractivity contribution in [3.05, 3.63) is 34.1 Å². The van der Waals surface area contributed by atoms with Crippen LogP contribution in [0.3, 0.4) is 0 Å². The van der Waals surface area contributed by atoms with Crippen molar-refractivity contribution >= 4 is 27.8 Å². The van der Waals surface area contributed by atoms with Crippen LogP contribution >= 0.6 is 15.9 Å². The molecule has 1 atom stereocenters. The molecule has 0 aliphatic carbocycles. The lowest BCUT2D eigenvalue weighted by molar-refractivity contribution is -0.151. The third-order valence-electron chi connectivity index (χ3n) is 2.97. The molecule has 7 heteroatoms. The number of ether oxygens (including phenoxy) is 2. The van der Waals surface area contributed by atoms with Crippen molar-refractivity contribution in [3.63, 3.8) is 0 Å². The van der Waals surface area contributed by atoms with Gasteiger partial charge in [-0.1, -0.05) is 15.9 Å². The van der Waals surface area contributed by atoms with Gasteiger partial charge in [0, 0.05) is 16.6 Å². The third kappa shape index (κ3) is 3.16. The fraction of sp³-hybridized carbons (Fsp3) is 0.385. The van der Waals surface area contributed by atoms with Crippen molar-refractivity contribution in [2.75, 3.05) is 26.9 Å².